The average Bonchev–Trinajstić information content (AvgIpc) is 2.70. The molecule has 0 saturated carbocycles. The van der Waals surface area contributed by atoms with Gasteiger partial charge in [0, 0.05) is 50.8 Å². The second kappa shape index (κ2) is 12.5. The lowest BCUT2D eigenvalue weighted by molar-refractivity contribution is -0.118. The van der Waals surface area contributed by atoms with Gasteiger partial charge in [0.2, 0.25) is 0 Å². The van der Waals surface area contributed by atoms with Crippen molar-refractivity contribution in [3.8, 4) is 0 Å². The van der Waals surface area contributed by atoms with Crippen LogP contribution in [0, 0.1) is 5.92 Å². The normalized spacial score (nSPS) is 16.8. The number of hydrazine groups is 1. The number of nitrogens with zero attached hydrogens (tertiary/aromatic N) is 2. The largest absolute Gasteiger partial charge is 0.444 e. The van der Waals surface area contributed by atoms with E-state index < -0.39 is 5.60 Å². The van der Waals surface area contributed by atoms with E-state index in [1.807, 2.05) is 64.9 Å². The first kappa shape index (κ1) is 27.6. The lowest BCUT2D eigenvalue weighted by Crippen LogP contribution is -2.48. The van der Waals surface area contributed by atoms with Gasteiger partial charge in [-0.3, -0.25) is 4.79 Å². The molecule has 1 fully saturated rings. The number of amides is 2. The summed E-state index contributed by atoms with van der Waals surface area (Å²) >= 11 is 0. The molecule has 0 aromatic carbocycles. The maximum absolute atomic E-state index is 13.3. The van der Waals surface area contributed by atoms with Gasteiger partial charge < -0.3 is 25.3 Å². The Morgan fingerprint density at radius 2 is 1.78 bits per heavy atom. The van der Waals surface area contributed by atoms with E-state index in [4.69, 9.17) is 4.74 Å². The Morgan fingerprint density at radius 3 is 2.25 bits per heavy atom. The Balaban J connectivity index is 2.95. The molecule has 0 atom stereocenters. The summed E-state index contributed by atoms with van der Waals surface area (Å²) in [6.07, 6.45) is 6.73. The summed E-state index contributed by atoms with van der Waals surface area (Å²) in [5.41, 5.74) is 7.91. The average molecular weight is 450 g/mol. The second-order valence-electron chi connectivity index (χ2n) is 9.41. The highest BCUT2D eigenvalue weighted by Gasteiger charge is 2.28. The predicted molar refractivity (Wildman–Crippen MR) is 129 cm³/mol. The number of allylic oxidation sites excluding steroid dienone is 3. The molecule has 0 spiro atoms. The van der Waals surface area contributed by atoms with E-state index in [9.17, 15) is 9.59 Å². The van der Waals surface area contributed by atoms with Crippen molar-refractivity contribution in [1.82, 2.24) is 26.0 Å². The van der Waals surface area contributed by atoms with Crippen molar-refractivity contribution >= 4 is 12.0 Å². The van der Waals surface area contributed by atoms with Crippen molar-refractivity contribution in [2.24, 2.45) is 5.92 Å². The topological polar surface area (TPSA) is 85.9 Å². The SMILES string of the molecule is C/C=C\C(C(=O)NC1CCN(C(=O)OC(C)(C)C)CC1)=C(\C(C)C)N(C)/C(C)=C\NNC. The Kier molecular flexibility index (Phi) is 10.8. The molecule has 0 aliphatic carbocycles. The number of hydrogen-bond acceptors (Lipinski definition) is 6. The van der Waals surface area contributed by atoms with Gasteiger partial charge in [0.05, 0.1) is 5.57 Å². The van der Waals surface area contributed by atoms with E-state index in [1.54, 1.807) is 11.9 Å². The molecule has 182 valence electrons. The summed E-state index contributed by atoms with van der Waals surface area (Å²) < 4.78 is 5.46. The lowest BCUT2D eigenvalue weighted by atomic mass is 9.99. The lowest BCUT2D eigenvalue weighted by Gasteiger charge is -2.34. The van der Waals surface area contributed by atoms with E-state index >= 15 is 0 Å². The summed E-state index contributed by atoms with van der Waals surface area (Å²) in [6.45, 7) is 14.8. The van der Waals surface area contributed by atoms with Crippen molar-refractivity contribution in [2.75, 3.05) is 27.2 Å². The van der Waals surface area contributed by atoms with Crippen LogP contribution in [0.25, 0.3) is 0 Å². The first-order valence-electron chi connectivity index (χ1n) is 11.4. The zero-order chi connectivity index (χ0) is 24.5. The summed E-state index contributed by atoms with van der Waals surface area (Å²) in [4.78, 5) is 29.3. The minimum atomic E-state index is -0.511. The molecule has 8 nitrogen and oxygen atoms in total. The number of carbonyl (C=O) groups excluding carboxylic acids is 2. The van der Waals surface area contributed by atoms with Crippen molar-refractivity contribution in [3.05, 3.63) is 35.3 Å². The van der Waals surface area contributed by atoms with Gasteiger partial charge in [-0.1, -0.05) is 26.0 Å². The van der Waals surface area contributed by atoms with Crippen LogP contribution in [0.3, 0.4) is 0 Å². The third kappa shape index (κ3) is 8.57. The highest BCUT2D eigenvalue weighted by atomic mass is 16.6. The Bertz CT molecular complexity index is 726. The predicted octanol–water partition coefficient (Wildman–Crippen LogP) is 3.51. The molecule has 1 rings (SSSR count). The van der Waals surface area contributed by atoms with Gasteiger partial charge in [0.25, 0.3) is 5.91 Å². The summed E-state index contributed by atoms with van der Waals surface area (Å²) in [5, 5.41) is 3.18. The van der Waals surface area contributed by atoms with Gasteiger partial charge in [-0.05, 0) is 53.4 Å². The summed E-state index contributed by atoms with van der Waals surface area (Å²) in [7, 11) is 3.77. The Labute approximate surface area is 194 Å². The van der Waals surface area contributed by atoms with Gasteiger partial charge in [-0.2, -0.15) is 0 Å². The van der Waals surface area contributed by atoms with Gasteiger partial charge in [0.15, 0.2) is 0 Å². The third-order valence-corrected chi connectivity index (χ3v) is 5.20. The quantitative estimate of drug-likeness (QED) is 0.299. The third-order valence-electron chi connectivity index (χ3n) is 5.20. The van der Waals surface area contributed by atoms with Gasteiger partial charge in [-0.15, -0.1) is 0 Å². The van der Waals surface area contributed by atoms with Crippen LogP contribution < -0.4 is 16.2 Å². The van der Waals surface area contributed by atoms with Crippen LogP contribution in [-0.2, 0) is 9.53 Å². The minimum absolute atomic E-state index is 0.0164. The van der Waals surface area contributed by atoms with E-state index in [1.165, 1.54) is 0 Å². The molecule has 8 heteroatoms. The van der Waals surface area contributed by atoms with Crippen LogP contribution in [-0.4, -0.2) is 60.6 Å². The molecule has 0 aromatic heterocycles. The Morgan fingerprint density at radius 1 is 1.19 bits per heavy atom. The van der Waals surface area contributed by atoms with Gasteiger partial charge >= 0.3 is 6.09 Å². The van der Waals surface area contributed by atoms with Crippen LogP contribution in [0.4, 0.5) is 4.79 Å². The summed E-state index contributed by atoms with van der Waals surface area (Å²) in [6, 6.07) is 0.0164. The number of nitrogens with one attached hydrogen (secondary N) is 3. The number of piperidine rings is 1. The number of ether oxygens (including phenoxy) is 1. The molecule has 3 N–H and O–H groups in total. The van der Waals surface area contributed by atoms with Crippen molar-refractivity contribution < 1.29 is 14.3 Å². The monoisotopic (exact) mass is 449 g/mol. The van der Waals surface area contributed by atoms with Crippen molar-refractivity contribution in [3.63, 3.8) is 0 Å². The molecule has 1 saturated heterocycles. The van der Waals surface area contributed by atoms with Crippen LogP contribution in [0.2, 0.25) is 0 Å². The number of likely N-dealkylation sites (tertiary alicyclic amines) is 1. The molecule has 32 heavy (non-hydrogen) atoms. The molecular formula is C24H43N5O3. The molecule has 1 aliphatic rings. The van der Waals surface area contributed by atoms with E-state index in [-0.39, 0.29) is 24.0 Å². The smallest absolute Gasteiger partial charge is 0.410 e. The van der Waals surface area contributed by atoms with E-state index in [0.29, 0.717) is 31.5 Å². The molecule has 1 aliphatic heterocycles. The zero-order valence-corrected chi connectivity index (χ0v) is 21.3. The number of rotatable bonds is 8. The van der Waals surface area contributed by atoms with Crippen LogP contribution in [0.5, 0.6) is 0 Å². The standard InChI is InChI=1S/C24H43N5O3/c1-10-11-20(21(17(2)3)28(9)18(4)16-26-25-8)22(30)27-19-12-14-29(15-13-19)23(31)32-24(5,6)7/h10-11,16-17,19,25-26H,12-15H2,1-9H3,(H,27,30)/b11-10-,18-16-,21-20+. The van der Waals surface area contributed by atoms with Crippen LogP contribution in [0.15, 0.2) is 35.3 Å². The molecule has 0 bridgehead atoms. The summed E-state index contributed by atoms with van der Waals surface area (Å²) in [5.74, 6) is 0.0487. The van der Waals surface area contributed by atoms with Crippen molar-refractivity contribution in [2.45, 2.75) is 73.0 Å². The van der Waals surface area contributed by atoms with Gasteiger partial charge in [0.1, 0.15) is 5.60 Å². The molecule has 0 aromatic rings. The minimum Gasteiger partial charge on any atom is -0.444 e. The fourth-order valence-electron chi connectivity index (χ4n) is 3.58. The first-order chi connectivity index (χ1) is 14.9. The fraction of sp³-hybridized carbons (Fsp3) is 0.667. The molecule has 1 heterocycles. The van der Waals surface area contributed by atoms with Crippen molar-refractivity contribution in [1.29, 1.82) is 0 Å². The zero-order valence-electron chi connectivity index (χ0n) is 21.3. The fourth-order valence-corrected chi connectivity index (χ4v) is 3.58. The molecule has 2 amide bonds. The molecule has 0 radical (unpaired) electrons. The first-order valence-corrected chi connectivity index (χ1v) is 11.4. The maximum atomic E-state index is 13.3. The number of hydrogen-bond donors (Lipinski definition) is 3. The van der Waals surface area contributed by atoms with Crippen LogP contribution in [0.1, 0.15) is 61.3 Å². The molecular weight excluding hydrogens is 406 g/mol. The Hall–Kier alpha value is -2.48. The van der Waals surface area contributed by atoms with Crippen LogP contribution >= 0.6 is 0 Å². The maximum Gasteiger partial charge on any atom is 0.410 e. The number of carbonyl (C=O) groups is 2. The highest BCUT2D eigenvalue weighted by molar-refractivity contribution is 5.97. The second-order valence-corrected chi connectivity index (χ2v) is 9.41. The highest BCUT2D eigenvalue weighted by Crippen LogP contribution is 2.24. The molecule has 0 unspecified atom stereocenters. The van der Waals surface area contributed by atoms with E-state index in [2.05, 4.69) is 30.0 Å². The van der Waals surface area contributed by atoms with E-state index in [0.717, 1.165) is 11.4 Å². The van der Waals surface area contributed by atoms with Gasteiger partial charge in [-0.25, -0.2) is 10.2 Å².